The normalized spacial score (nSPS) is 12.1. The molecule has 1 N–H and O–H groups in total. The first-order chi connectivity index (χ1) is 9.03. The fourth-order valence-electron chi connectivity index (χ4n) is 1.69. The van der Waals surface area contributed by atoms with Gasteiger partial charge in [0.15, 0.2) is 5.16 Å². The van der Waals surface area contributed by atoms with Gasteiger partial charge in [0.2, 0.25) is 10.0 Å². The molecule has 19 heavy (non-hydrogen) atoms. The van der Waals surface area contributed by atoms with E-state index in [4.69, 9.17) is 0 Å². The molecule has 5 nitrogen and oxygen atoms in total. The van der Waals surface area contributed by atoms with E-state index >= 15 is 0 Å². The highest BCUT2D eigenvalue weighted by atomic mass is 32.2. The Morgan fingerprint density at radius 2 is 2.11 bits per heavy atom. The maximum absolute atomic E-state index is 11.3. The summed E-state index contributed by atoms with van der Waals surface area (Å²) in [7, 11) is -1.13. The first-order valence-electron chi connectivity index (χ1n) is 6.05. The number of benzene rings is 1. The van der Waals surface area contributed by atoms with E-state index < -0.39 is 10.0 Å². The predicted molar refractivity (Wildman–Crippen MR) is 78.9 cm³/mol. The predicted octanol–water partition coefficient (Wildman–Crippen LogP) is 1.60. The van der Waals surface area contributed by atoms with Gasteiger partial charge in [-0.3, -0.25) is 0 Å². The van der Waals surface area contributed by atoms with Crippen LogP contribution in [0.25, 0.3) is 11.0 Å². The molecule has 2 rings (SSSR count). The van der Waals surface area contributed by atoms with Gasteiger partial charge in [0, 0.05) is 19.3 Å². The quantitative estimate of drug-likeness (QED) is 0.650. The number of para-hydroxylation sites is 2. The molecule has 0 saturated heterocycles. The molecular weight excluding hydrogens is 282 g/mol. The van der Waals surface area contributed by atoms with Crippen LogP contribution in [-0.4, -0.2) is 36.0 Å². The monoisotopic (exact) mass is 299 g/mol. The van der Waals surface area contributed by atoms with Crippen LogP contribution in [0.1, 0.15) is 6.92 Å². The first-order valence-corrected chi connectivity index (χ1v) is 8.69. The fourth-order valence-corrected chi connectivity index (χ4v) is 3.28. The molecule has 0 atom stereocenters. The number of thioether (sulfide) groups is 1. The van der Waals surface area contributed by atoms with Crippen LogP contribution in [0.2, 0.25) is 0 Å². The average molecular weight is 299 g/mol. The highest BCUT2D eigenvalue weighted by Gasteiger charge is 2.09. The minimum Gasteiger partial charge on any atom is -0.322 e. The minimum absolute atomic E-state index is 0.115. The molecule has 0 aliphatic heterocycles. The lowest BCUT2D eigenvalue weighted by atomic mass is 10.3. The van der Waals surface area contributed by atoms with Crippen molar-refractivity contribution in [1.82, 2.24) is 14.3 Å². The highest BCUT2D eigenvalue weighted by Crippen LogP contribution is 2.22. The molecule has 1 aromatic carbocycles. The van der Waals surface area contributed by atoms with Gasteiger partial charge in [-0.2, -0.15) is 0 Å². The molecule has 0 bridgehead atoms. The summed E-state index contributed by atoms with van der Waals surface area (Å²) in [5, 5.41) is 0.900. The summed E-state index contributed by atoms with van der Waals surface area (Å²) in [6.45, 7) is 2.05. The molecule has 0 fully saturated rings. The number of rotatable bonds is 6. The van der Waals surface area contributed by atoms with Gasteiger partial charge in [0.05, 0.1) is 16.8 Å². The molecule has 0 amide bonds. The van der Waals surface area contributed by atoms with Crippen molar-refractivity contribution in [1.29, 1.82) is 0 Å². The van der Waals surface area contributed by atoms with Crippen LogP contribution >= 0.6 is 11.8 Å². The Kier molecular flexibility index (Phi) is 4.49. The van der Waals surface area contributed by atoms with Gasteiger partial charge in [-0.05, 0) is 19.1 Å². The summed E-state index contributed by atoms with van der Waals surface area (Å²) >= 11 is 1.55. The minimum atomic E-state index is -3.10. The number of fused-ring (bicyclic) bond motifs is 1. The lowest BCUT2D eigenvalue weighted by Gasteiger charge is -2.04. The van der Waals surface area contributed by atoms with Gasteiger partial charge in [0.25, 0.3) is 0 Å². The van der Waals surface area contributed by atoms with Crippen LogP contribution in [0.3, 0.4) is 0 Å². The zero-order valence-corrected chi connectivity index (χ0v) is 12.6. The second-order valence-corrected chi connectivity index (χ2v) is 7.25. The van der Waals surface area contributed by atoms with E-state index in [9.17, 15) is 8.42 Å². The van der Waals surface area contributed by atoms with E-state index in [-0.39, 0.29) is 5.75 Å². The Morgan fingerprint density at radius 1 is 1.37 bits per heavy atom. The molecule has 0 aliphatic rings. The number of nitrogens with zero attached hydrogens (tertiary/aromatic N) is 2. The van der Waals surface area contributed by atoms with Crippen LogP contribution in [0.4, 0.5) is 0 Å². The Bertz CT molecular complexity index is 665. The van der Waals surface area contributed by atoms with Crippen LogP contribution in [0.15, 0.2) is 29.4 Å². The summed E-state index contributed by atoms with van der Waals surface area (Å²) in [4.78, 5) is 4.52. The summed E-state index contributed by atoms with van der Waals surface area (Å²) in [6, 6.07) is 7.93. The number of hydrogen-bond donors (Lipinski definition) is 1. The van der Waals surface area contributed by atoms with Gasteiger partial charge >= 0.3 is 0 Å². The van der Waals surface area contributed by atoms with Gasteiger partial charge in [-0.1, -0.05) is 23.9 Å². The third kappa shape index (κ3) is 3.49. The molecule has 7 heteroatoms. The van der Waals surface area contributed by atoms with Crippen molar-refractivity contribution in [2.45, 2.75) is 12.1 Å². The van der Waals surface area contributed by atoms with Crippen molar-refractivity contribution in [3.63, 3.8) is 0 Å². The van der Waals surface area contributed by atoms with Gasteiger partial charge in [-0.15, -0.1) is 0 Å². The number of aryl methyl sites for hydroxylation is 1. The van der Waals surface area contributed by atoms with E-state index in [0.717, 1.165) is 16.2 Å². The Morgan fingerprint density at radius 3 is 2.79 bits per heavy atom. The standard InChI is InChI=1S/C12H17N3O2S2/c1-3-19(16,17)13-8-9-18-12-14-10-6-4-5-7-11(10)15(12)2/h4-7,13H,3,8-9H2,1-2H3. The average Bonchev–Trinajstić information content (AvgIpc) is 2.72. The van der Waals surface area contributed by atoms with Crippen LogP contribution in [0.5, 0.6) is 0 Å². The fraction of sp³-hybridized carbons (Fsp3) is 0.417. The second-order valence-electron chi connectivity index (χ2n) is 4.09. The van der Waals surface area contributed by atoms with E-state index in [2.05, 4.69) is 9.71 Å². The zero-order chi connectivity index (χ0) is 13.9. The topological polar surface area (TPSA) is 64.0 Å². The zero-order valence-electron chi connectivity index (χ0n) is 11.0. The number of hydrogen-bond acceptors (Lipinski definition) is 4. The van der Waals surface area contributed by atoms with Crippen molar-refractivity contribution >= 4 is 32.8 Å². The van der Waals surface area contributed by atoms with E-state index in [1.807, 2.05) is 35.9 Å². The SMILES string of the molecule is CCS(=O)(=O)NCCSc1nc2ccccc2n1C. The summed E-state index contributed by atoms with van der Waals surface area (Å²) in [6.07, 6.45) is 0. The van der Waals surface area contributed by atoms with Gasteiger partial charge in [0.1, 0.15) is 0 Å². The lowest BCUT2D eigenvalue weighted by molar-refractivity contribution is 0.585. The van der Waals surface area contributed by atoms with Crippen molar-refractivity contribution in [3.8, 4) is 0 Å². The molecule has 0 unspecified atom stereocenters. The number of sulfonamides is 1. The molecule has 0 spiro atoms. The Balaban J connectivity index is 1.97. The molecule has 1 aromatic heterocycles. The largest absolute Gasteiger partial charge is 0.322 e. The number of aromatic nitrogens is 2. The highest BCUT2D eigenvalue weighted by molar-refractivity contribution is 7.99. The van der Waals surface area contributed by atoms with Crippen molar-refractivity contribution in [3.05, 3.63) is 24.3 Å². The second kappa shape index (κ2) is 5.94. The van der Waals surface area contributed by atoms with E-state index in [1.54, 1.807) is 18.7 Å². The summed E-state index contributed by atoms with van der Waals surface area (Å²) in [5.41, 5.74) is 2.04. The van der Waals surface area contributed by atoms with Gasteiger partial charge in [-0.25, -0.2) is 18.1 Å². The molecule has 0 aliphatic carbocycles. The smallest absolute Gasteiger partial charge is 0.211 e. The van der Waals surface area contributed by atoms with E-state index in [1.165, 1.54) is 0 Å². The summed E-state index contributed by atoms with van der Waals surface area (Å²) in [5.74, 6) is 0.778. The first kappa shape index (κ1) is 14.4. The van der Waals surface area contributed by atoms with Crippen molar-refractivity contribution in [2.24, 2.45) is 7.05 Å². The Labute approximate surface area is 117 Å². The Hall–Kier alpha value is -1.05. The lowest BCUT2D eigenvalue weighted by Crippen LogP contribution is -2.27. The maximum Gasteiger partial charge on any atom is 0.211 e. The third-order valence-corrected chi connectivity index (χ3v) is 5.22. The third-order valence-electron chi connectivity index (χ3n) is 2.78. The van der Waals surface area contributed by atoms with Crippen molar-refractivity contribution < 1.29 is 8.42 Å². The van der Waals surface area contributed by atoms with Gasteiger partial charge < -0.3 is 4.57 Å². The molecule has 2 aromatic rings. The van der Waals surface area contributed by atoms with Crippen LogP contribution < -0.4 is 4.72 Å². The van der Waals surface area contributed by atoms with Crippen LogP contribution in [-0.2, 0) is 17.1 Å². The molecule has 0 saturated carbocycles. The number of imidazole rings is 1. The molecule has 0 radical (unpaired) electrons. The van der Waals surface area contributed by atoms with Crippen molar-refractivity contribution in [2.75, 3.05) is 18.1 Å². The maximum atomic E-state index is 11.3. The number of nitrogens with one attached hydrogen (secondary N) is 1. The summed E-state index contributed by atoms with van der Waals surface area (Å²) < 4.78 is 27.1. The molecule has 1 heterocycles. The molecular formula is C12H17N3O2S2. The molecule has 104 valence electrons. The van der Waals surface area contributed by atoms with E-state index in [0.29, 0.717) is 12.3 Å². The van der Waals surface area contributed by atoms with Crippen LogP contribution in [0, 0.1) is 0 Å².